The van der Waals surface area contributed by atoms with Crippen molar-refractivity contribution in [3.05, 3.63) is 42.2 Å². The summed E-state index contributed by atoms with van der Waals surface area (Å²) in [6.07, 6.45) is 3.53. The molecule has 3 nitrogen and oxygen atoms in total. The van der Waals surface area contributed by atoms with E-state index in [1.807, 2.05) is 30.3 Å². The molecular formula is C11H12O3. The minimum absolute atomic E-state index is 0.00924. The fraction of sp³-hybridized carbons (Fsp3) is 0.273. The van der Waals surface area contributed by atoms with E-state index in [0.717, 1.165) is 11.3 Å². The first-order valence-electron chi connectivity index (χ1n) is 4.53. The van der Waals surface area contributed by atoms with E-state index in [-0.39, 0.29) is 12.7 Å². The largest absolute Gasteiger partial charge is 0.497 e. The van der Waals surface area contributed by atoms with Crippen LogP contribution in [0.15, 0.2) is 36.6 Å². The van der Waals surface area contributed by atoms with Crippen LogP contribution in [-0.4, -0.2) is 17.8 Å². The number of aliphatic hydroxyl groups excluding tert-OH is 1. The Bertz CT molecular complexity index is 316. The van der Waals surface area contributed by atoms with Crippen molar-refractivity contribution < 1.29 is 14.6 Å². The number of ether oxygens (including phenoxy) is 2. The van der Waals surface area contributed by atoms with E-state index in [2.05, 4.69) is 0 Å². The smallest absolute Gasteiger partial charge is 0.154 e. The summed E-state index contributed by atoms with van der Waals surface area (Å²) >= 11 is 0. The van der Waals surface area contributed by atoms with E-state index in [0.29, 0.717) is 6.61 Å². The number of hydrogen-bond donors (Lipinski definition) is 1. The Hall–Kier alpha value is -1.48. The summed E-state index contributed by atoms with van der Waals surface area (Å²) in [7, 11) is 0. The van der Waals surface area contributed by atoms with Crippen LogP contribution in [0, 0.1) is 0 Å². The van der Waals surface area contributed by atoms with Gasteiger partial charge in [-0.3, -0.25) is 0 Å². The molecule has 0 saturated carbocycles. The Labute approximate surface area is 82.6 Å². The second-order valence-electron chi connectivity index (χ2n) is 3.12. The van der Waals surface area contributed by atoms with Gasteiger partial charge < -0.3 is 14.6 Å². The molecular weight excluding hydrogens is 180 g/mol. The van der Waals surface area contributed by atoms with Crippen LogP contribution in [0.2, 0.25) is 0 Å². The van der Waals surface area contributed by atoms with Gasteiger partial charge >= 0.3 is 0 Å². The van der Waals surface area contributed by atoms with Gasteiger partial charge in [-0.15, -0.1) is 0 Å². The molecule has 1 aliphatic heterocycles. The van der Waals surface area contributed by atoms with Gasteiger partial charge in [0.05, 0.1) is 12.9 Å². The van der Waals surface area contributed by atoms with Gasteiger partial charge in [0, 0.05) is 0 Å². The van der Waals surface area contributed by atoms with Crippen LogP contribution in [0.5, 0.6) is 5.75 Å². The molecule has 14 heavy (non-hydrogen) atoms. The van der Waals surface area contributed by atoms with Gasteiger partial charge in [0.25, 0.3) is 0 Å². The zero-order chi connectivity index (χ0) is 9.80. The molecule has 0 radical (unpaired) electrons. The van der Waals surface area contributed by atoms with Crippen molar-refractivity contribution in [3.63, 3.8) is 0 Å². The third kappa shape index (κ3) is 2.06. The van der Waals surface area contributed by atoms with Gasteiger partial charge in [-0.2, -0.15) is 0 Å². The molecule has 0 spiro atoms. The normalized spacial score (nSPS) is 19.4. The van der Waals surface area contributed by atoms with Crippen LogP contribution in [0.3, 0.4) is 0 Å². The fourth-order valence-corrected chi connectivity index (χ4v) is 1.27. The van der Waals surface area contributed by atoms with E-state index in [1.54, 1.807) is 6.26 Å². The topological polar surface area (TPSA) is 38.7 Å². The summed E-state index contributed by atoms with van der Waals surface area (Å²) in [5.41, 5.74) is 0.885. The molecule has 74 valence electrons. The highest BCUT2D eigenvalue weighted by atomic mass is 16.5. The predicted octanol–water partition coefficient (Wildman–Crippen LogP) is 1.47. The fourth-order valence-electron chi connectivity index (χ4n) is 1.27. The maximum atomic E-state index is 8.84. The summed E-state index contributed by atoms with van der Waals surface area (Å²) in [4.78, 5) is 0. The third-order valence-corrected chi connectivity index (χ3v) is 2.04. The first kappa shape index (κ1) is 9.09. The van der Waals surface area contributed by atoms with Crippen molar-refractivity contribution in [2.75, 3.05) is 6.61 Å². The number of hydrogen-bond acceptors (Lipinski definition) is 3. The van der Waals surface area contributed by atoms with Crippen molar-refractivity contribution in [2.24, 2.45) is 0 Å². The summed E-state index contributed by atoms with van der Waals surface area (Å²) in [5, 5.41) is 8.84. The summed E-state index contributed by atoms with van der Waals surface area (Å²) < 4.78 is 10.6. The van der Waals surface area contributed by atoms with Crippen LogP contribution >= 0.6 is 0 Å². The van der Waals surface area contributed by atoms with E-state index in [1.165, 1.54) is 0 Å². The molecule has 0 bridgehead atoms. The summed E-state index contributed by atoms with van der Waals surface area (Å²) in [6.45, 7) is 0.633. The average molecular weight is 192 g/mol. The predicted molar refractivity (Wildman–Crippen MR) is 51.9 cm³/mol. The molecule has 0 unspecified atom stereocenters. The Kier molecular flexibility index (Phi) is 2.70. The molecule has 1 aromatic rings. The van der Waals surface area contributed by atoms with Crippen LogP contribution in [0.1, 0.15) is 5.56 Å². The van der Waals surface area contributed by atoms with Crippen LogP contribution in [0.4, 0.5) is 0 Å². The van der Waals surface area contributed by atoms with Crippen molar-refractivity contribution in [2.45, 2.75) is 12.7 Å². The van der Waals surface area contributed by atoms with Crippen molar-refractivity contribution >= 4 is 0 Å². The van der Waals surface area contributed by atoms with E-state index < -0.39 is 0 Å². The first-order chi connectivity index (χ1) is 6.88. The monoisotopic (exact) mass is 192 g/mol. The van der Waals surface area contributed by atoms with Gasteiger partial charge in [-0.05, 0) is 23.8 Å². The highest BCUT2D eigenvalue weighted by Gasteiger charge is 2.11. The minimum Gasteiger partial charge on any atom is -0.497 e. The Morgan fingerprint density at radius 3 is 2.71 bits per heavy atom. The van der Waals surface area contributed by atoms with Crippen molar-refractivity contribution in [1.82, 2.24) is 0 Å². The molecule has 0 amide bonds. The van der Waals surface area contributed by atoms with Crippen molar-refractivity contribution in [3.8, 4) is 5.75 Å². The van der Waals surface area contributed by atoms with Crippen LogP contribution < -0.4 is 4.74 Å². The quantitative estimate of drug-likeness (QED) is 0.788. The van der Waals surface area contributed by atoms with Crippen molar-refractivity contribution in [1.29, 1.82) is 0 Å². The minimum atomic E-state index is 0.00924. The van der Waals surface area contributed by atoms with Crippen LogP contribution in [0.25, 0.3) is 0 Å². The molecule has 3 heteroatoms. The summed E-state index contributed by atoms with van der Waals surface area (Å²) in [5.74, 6) is 0.794. The van der Waals surface area contributed by atoms with Gasteiger partial charge in [0.15, 0.2) is 6.10 Å². The van der Waals surface area contributed by atoms with E-state index >= 15 is 0 Å². The number of benzene rings is 1. The molecule has 0 aromatic heterocycles. The molecule has 1 N–H and O–H groups in total. The Morgan fingerprint density at radius 1 is 1.36 bits per heavy atom. The molecule has 0 saturated heterocycles. The second kappa shape index (κ2) is 4.15. The highest BCUT2D eigenvalue weighted by molar-refractivity contribution is 5.27. The molecule has 2 rings (SSSR count). The zero-order valence-corrected chi connectivity index (χ0v) is 7.72. The van der Waals surface area contributed by atoms with Gasteiger partial charge in [-0.25, -0.2) is 0 Å². The number of aliphatic hydroxyl groups is 1. The maximum Gasteiger partial charge on any atom is 0.154 e. The molecule has 0 aliphatic carbocycles. The molecule has 1 aromatic carbocycles. The van der Waals surface area contributed by atoms with Crippen LogP contribution in [-0.2, 0) is 11.3 Å². The lowest BCUT2D eigenvalue weighted by atomic mass is 10.2. The Balaban J connectivity index is 1.99. The second-order valence-corrected chi connectivity index (χ2v) is 3.12. The average Bonchev–Trinajstić information content (AvgIpc) is 2.72. The van der Waals surface area contributed by atoms with E-state index in [9.17, 15) is 0 Å². The lowest BCUT2D eigenvalue weighted by Crippen LogP contribution is -2.14. The third-order valence-electron chi connectivity index (χ3n) is 2.04. The van der Waals surface area contributed by atoms with Gasteiger partial charge in [0.1, 0.15) is 12.4 Å². The lowest BCUT2D eigenvalue weighted by molar-refractivity contribution is 0.164. The molecule has 1 heterocycles. The van der Waals surface area contributed by atoms with Gasteiger partial charge in [0.2, 0.25) is 0 Å². The SMILES string of the molecule is OCc1ccc(O[C@H]2C=COC2)cc1. The Morgan fingerprint density at radius 2 is 2.14 bits per heavy atom. The maximum absolute atomic E-state index is 8.84. The molecule has 0 fully saturated rings. The molecule has 1 atom stereocenters. The molecule has 1 aliphatic rings. The van der Waals surface area contributed by atoms with E-state index in [4.69, 9.17) is 14.6 Å². The lowest BCUT2D eigenvalue weighted by Gasteiger charge is -2.10. The first-order valence-corrected chi connectivity index (χ1v) is 4.53. The standard InChI is InChI=1S/C11H12O3/c12-7-9-1-3-10(4-2-9)14-11-5-6-13-8-11/h1-6,11-12H,7-8H2/t11-/m0/s1. The number of rotatable bonds is 3. The highest BCUT2D eigenvalue weighted by Crippen LogP contribution is 2.16. The zero-order valence-electron chi connectivity index (χ0n) is 7.72. The van der Waals surface area contributed by atoms with Gasteiger partial charge in [-0.1, -0.05) is 12.1 Å². The summed E-state index contributed by atoms with van der Waals surface area (Å²) in [6, 6.07) is 7.37.